The van der Waals surface area contributed by atoms with Crippen molar-refractivity contribution in [2.45, 2.75) is 22.9 Å². The minimum Gasteiger partial charge on any atom is -0.497 e. The van der Waals surface area contributed by atoms with Crippen molar-refractivity contribution in [3.63, 3.8) is 0 Å². The summed E-state index contributed by atoms with van der Waals surface area (Å²) in [5.41, 5.74) is 2.11. The first kappa shape index (κ1) is 20.2. The van der Waals surface area contributed by atoms with Gasteiger partial charge in [-0.2, -0.15) is 0 Å². The van der Waals surface area contributed by atoms with Gasteiger partial charge in [-0.3, -0.25) is 4.79 Å². The maximum absolute atomic E-state index is 12.3. The lowest BCUT2D eigenvalue weighted by atomic mass is 10.1. The fourth-order valence-corrected chi connectivity index (χ4v) is 4.36. The van der Waals surface area contributed by atoms with Crippen LogP contribution >= 0.6 is 23.1 Å². The van der Waals surface area contributed by atoms with Gasteiger partial charge in [-0.1, -0.05) is 53.4 Å². The van der Waals surface area contributed by atoms with Crippen molar-refractivity contribution in [1.29, 1.82) is 0 Å². The van der Waals surface area contributed by atoms with Gasteiger partial charge in [0.15, 0.2) is 4.34 Å². The Morgan fingerprint density at radius 1 is 1.14 bits per heavy atom. The second kappa shape index (κ2) is 10.1. The average Bonchev–Trinajstić information content (AvgIpc) is 3.15. The predicted octanol–water partition coefficient (Wildman–Crippen LogP) is 4.13. The van der Waals surface area contributed by atoms with Gasteiger partial charge in [0.1, 0.15) is 5.75 Å². The van der Waals surface area contributed by atoms with E-state index in [1.165, 1.54) is 23.1 Å². The molecule has 1 atom stereocenters. The zero-order chi connectivity index (χ0) is 19.8. The van der Waals surface area contributed by atoms with E-state index in [0.717, 1.165) is 27.8 Å². The largest absolute Gasteiger partial charge is 0.497 e. The SMILES string of the molecule is COc1ccc(CCNC(=O)[C@H](C)Sc2nnc(Nc3ccccc3)s2)cc1. The number of benzene rings is 2. The van der Waals surface area contributed by atoms with Crippen LogP contribution in [0.5, 0.6) is 5.75 Å². The van der Waals surface area contributed by atoms with Crippen molar-refractivity contribution in [2.75, 3.05) is 19.0 Å². The summed E-state index contributed by atoms with van der Waals surface area (Å²) in [6, 6.07) is 17.7. The molecule has 0 unspecified atom stereocenters. The Morgan fingerprint density at radius 2 is 1.89 bits per heavy atom. The van der Waals surface area contributed by atoms with Crippen LogP contribution in [0.4, 0.5) is 10.8 Å². The molecular formula is C20H22N4O2S2. The summed E-state index contributed by atoms with van der Waals surface area (Å²) in [5, 5.41) is 14.9. The number of carbonyl (C=O) groups is 1. The summed E-state index contributed by atoms with van der Waals surface area (Å²) in [6.45, 7) is 2.46. The fraction of sp³-hybridized carbons (Fsp3) is 0.250. The molecule has 0 fully saturated rings. The minimum absolute atomic E-state index is 0.00807. The lowest BCUT2D eigenvalue weighted by Crippen LogP contribution is -2.32. The lowest BCUT2D eigenvalue weighted by Gasteiger charge is -2.10. The molecule has 3 rings (SSSR count). The Hall–Kier alpha value is -2.58. The molecular weight excluding hydrogens is 392 g/mol. The fourth-order valence-electron chi connectivity index (χ4n) is 2.42. The molecule has 2 N–H and O–H groups in total. The topological polar surface area (TPSA) is 76.1 Å². The van der Waals surface area contributed by atoms with Gasteiger partial charge in [-0.15, -0.1) is 10.2 Å². The number of nitrogens with zero attached hydrogens (tertiary/aromatic N) is 2. The van der Waals surface area contributed by atoms with E-state index in [1.807, 2.05) is 61.5 Å². The summed E-state index contributed by atoms with van der Waals surface area (Å²) in [7, 11) is 1.65. The molecule has 146 valence electrons. The molecule has 0 aliphatic carbocycles. The zero-order valence-corrected chi connectivity index (χ0v) is 17.3. The summed E-state index contributed by atoms with van der Waals surface area (Å²) >= 11 is 2.85. The molecule has 28 heavy (non-hydrogen) atoms. The molecule has 0 aliphatic heterocycles. The summed E-state index contributed by atoms with van der Waals surface area (Å²) < 4.78 is 5.91. The van der Waals surface area contributed by atoms with Crippen molar-refractivity contribution < 1.29 is 9.53 Å². The van der Waals surface area contributed by atoms with Crippen molar-refractivity contribution in [3.05, 3.63) is 60.2 Å². The number of rotatable bonds is 9. The number of hydrogen-bond donors (Lipinski definition) is 2. The highest BCUT2D eigenvalue weighted by Gasteiger charge is 2.17. The first-order valence-corrected chi connectivity index (χ1v) is 10.6. The molecule has 1 aromatic heterocycles. The van der Waals surface area contributed by atoms with E-state index in [-0.39, 0.29) is 11.2 Å². The van der Waals surface area contributed by atoms with E-state index in [9.17, 15) is 4.79 Å². The molecule has 0 radical (unpaired) electrons. The van der Waals surface area contributed by atoms with Crippen LogP contribution in [-0.2, 0) is 11.2 Å². The van der Waals surface area contributed by atoms with Gasteiger partial charge in [-0.25, -0.2) is 0 Å². The van der Waals surface area contributed by atoms with E-state index < -0.39 is 0 Å². The summed E-state index contributed by atoms with van der Waals surface area (Å²) in [6.07, 6.45) is 0.775. The van der Waals surface area contributed by atoms with Crippen molar-refractivity contribution >= 4 is 39.8 Å². The molecule has 6 nitrogen and oxygen atoms in total. The first-order valence-electron chi connectivity index (χ1n) is 8.87. The third-order valence-electron chi connectivity index (χ3n) is 3.95. The smallest absolute Gasteiger partial charge is 0.233 e. The molecule has 0 saturated carbocycles. The predicted molar refractivity (Wildman–Crippen MR) is 115 cm³/mol. The van der Waals surface area contributed by atoms with Gasteiger partial charge in [0, 0.05) is 12.2 Å². The number of ether oxygens (including phenoxy) is 1. The highest BCUT2D eigenvalue weighted by molar-refractivity contribution is 8.02. The number of hydrogen-bond acceptors (Lipinski definition) is 7. The normalized spacial score (nSPS) is 11.6. The number of thioether (sulfide) groups is 1. The Labute approximate surface area is 172 Å². The van der Waals surface area contributed by atoms with E-state index in [0.29, 0.717) is 11.7 Å². The molecule has 1 amide bonds. The van der Waals surface area contributed by atoms with Crippen molar-refractivity contribution in [1.82, 2.24) is 15.5 Å². The van der Waals surface area contributed by atoms with Crippen molar-refractivity contribution in [3.8, 4) is 5.75 Å². The number of anilines is 2. The van der Waals surface area contributed by atoms with Crippen molar-refractivity contribution in [2.24, 2.45) is 0 Å². The van der Waals surface area contributed by atoms with Gasteiger partial charge in [0.25, 0.3) is 0 Å². The molecule has 0 aliphatic rings. The lowest BCUT2D eigenvalue weighted by molar-refractivity contribution is -0.120. The Balaban J connectivity index is 1.43. The van der Waals surface area contributed by atoms with Gasteiger partial charge in [0.05, 0.1) is 12.4 Å². The van der Waals surface area contributed by atoms with Crippen LogP contribution in [0.15, 0.2) is 58.9 Å². The third-order valence-corrected chi connectivity index (χ3v) is 5.97. The minimum atomic E-state index is -0.242. The molecule has 0 saturated heterocycles. The van der Waals surface area contributed by atoms with Crippen LogP contribution in [0.2, 0.25) is 0 Å². The Kier molecular flexibility index (Phi) is 7.27. The van der Waals surface area contributed by atoms with Crippen LogP contribution in [0.25, 0.3) is 0 Å². The van der Waals surface area contributed by atoms with Gasteiger partial charge >= 0.3 is 0 Å². The molecule has 0 spiro atoms. The number of nitrogens with one attached hydrogen (secondary N) is 2. The number of aromatic nitrogens is 2. The summed E-state index contributed by atoms with van der Waals surface area (Å²) in [5.74, 6) is 0.822. The molecule has 0 bridgehead atoms. The van der Waals surface area contributed by atoms with E-state index in [2.05, 4.69) is 20.8 Å². The summed E-state index contributed by atoms with van der Waals surface area (Å²) in [4.78, 5) is 12.3. The maximum atomic E-state index is 12.3. The number of amides is 1. The molecule has 1 heterocycles. The molecule has 3 aromatic rings. The second-order valence-electron chi connectivity index (χ2n) is 6.01. The number of carbonyl (C=O) groups excluding carboxylic acids is 1. The Morgan fingerprint density at radius 3 is 2.61 bits per heavy atom. The number of methoxy groups -OCH3 is 1. The Bertz CT molecular complexity index is 885. The molecule has 8 heteroatoms. The zero-order valence-electron chi connectivity index (χ0n) is 15.7. The maximum Gasteiger partial charge on any atom is 0.233 e. The average molecular weight is 415 g/mol. The molecule has 2 aromatic carbocycles. The van der Waals surface area contributed by atoms with E-state index >= 15 is 0 Å². The van der Waals surface area contributed by atoms with Gasteiger partial charge in [-0.05, 0) is 43.2 Å². The number of para-hydroxylation sites is 1. The third kappa shape index (κ3) is 5.97. The first-order chi connectivity index (χ1) is 13.6. The monoisotopic (exact) mass is 414 g/mol. The van der Waals surface area contributed by atoms with E-state index in [1.54, 1.807) is 7.11 Å². The van der Waals surface area contributed by atoms with Gasteiger partial charge in [0.2, 0.25) is 11.0 Å². The van der Waals surface area contributed by atoms with Crippen LogP contribution < -0.4 is 15.4 Å². The highest BCUT2D eigenvalue weighted by Crippen LogP contribution is 2.30. The van der Waals surface area contributed by atoms with Gasteiger partial charge < -0.3 is 15.4 Å². The van der Waals surface area contributed by atoms with Crippen LogP contribution in [0.1, 0.15) is 12.5 Å². The van der Waals surface area contributed by atoms with Crippen LogP contribution in [0.3, 0.4) is 0 Å². The second-order valence-corrected chi connectivity index (χ2v) is 8.58. The quantitative estimate of drug-likeness (QED) is 0.513. The standard InChI is InChI=1S/C20H22N4O2S2/c1-14(18(25)21-13-12-15-8-10-17(26-2)11-9-15)27-20-24-23-19(28-20)22-16-6-4-3-5-7-16/h3-11,14H,12-13H2,1-2H3,(H,21,25)(H,22,23)/t14-/m0/s1. The van der Waals surface area contributed by atoms with E-state index in [4.69, 9.17) is 4.74 Å². The van der Waals surface area contributed by atoms with Crippen LogP contribution in [-0.4, -0.2) is 35.0 Å². The highest BCUT2D eigenvalue weighted by atomic mass is 32.2. The van der Waals surface area contributed by atoms with Crippen LogP contribution in [0, 0.1) is 0 Å².